The summed E-state index contributed by atoms with van der Waals surface area (Å²) < 4.78 is 0. The molecule has 2 heteroatoms. The lowest BCUT2D eigenvalue weighted by Crippen LogP contribution is -2.22. The molecule has 0 heterocycles. The molecule has 0 N–H and O–H groups in total. The van der Waals surface area contributed by atoms with Crippen LogP contribution in [0.1, 0.15) is 0 Å². The third-order valence-corrected chi connectivity index (χ3v) is 4.56. The van der Waals surface area contributed by atoms with Gasteiger partial charge in [-0.3, -0.25) is 9.59 Å². The van der Waals surface area contributed by atoms with Crippen molar-refractivity contribution in [3.63, 3.8) is 0 Å². The van der Waals surface area contributed by atoms with Crippen molar-refractivity contribution >= 4 is 43.1 Å². The molecular weight excluding hydrogens is 272 g/mol. The number of hydrogen-bond acceptors (Lipinski definition) is 2. The zero-order valence-electron chi connectivity index (χ0n) is 11.6. The summed E-state index contributed by atoms with van der Waals surface area (Å²) in [7, 11) is 0. The largest absolute Gasteiger partial charge is 0.286 e. The summed E-state index contributed by atoms with van der Waals surface area (Å²) in [6.07, 6.45) is 0. The van der Waals surface area contributed by atoms with E-state index in [1.807, 2.05) is 30.3 Å². The second kappa shape index (κ2) is 3.80. The van der Waals surface area contributed by atoms with E-state index in [1.165, 1.54) is 6.07 Å². The van der Waals surface area contributed by atoms with Gasteiger partial charge >= 0.3 is 0 Å². The quantitative estimate of drug-likeness (QED) is 0.245. The van der Waals surface area contributed by atoms with E-state index in [4.69, 9.17) is 0 Å². The monoisotopic (exact) mass is 282 g/mol. The van der Waals surface area contributed by atoms with Gasteiger partial charge in [0.25, 0.3) is 0 Å². The summed E-state index contributed by atoms with van der Waals surface area (Å²) in [6.45, 7) is 0. The molecule has 0 bridgehead atoms. The molecule has 0 unspecified atom stereocenters. The van der Waals surface area contributed by atoms with Gasteiger partial charge in [0, 0.05) is 10.8 Å². The fourth-order valence-electron chi connectivity index (χ4n) is 3.66. The molecule has 0 saturated carbocycles. The highest BCUT2D eigenvalue weighted by atomic mass is 16.2. The molecule has 2 nitrogen and oxygen atoms in total. The Morgan fingerprint density at radius 1 is 0.545 bits per heavy atom. The predicted molar refractivity (Wildman–Crippen MR) is 91.4 cm³/mol. The topological polar surface area (TPSA) is 34.1 Å². The van der Waals surface area contributed by atoms with E-state index in [9.17, 15) is 9.59 Å². The Kier molecular flexibility index (Phi) is 2.01. The third kappa shape index (κ3) is 1.25. The van der Waals surface area contributed by atoms with Gasteiger partial charge in [-0.15, -0.1) is 0 Å². The second-order valence-electron chi connectivity index (χ2n) is 5.69. The highest BCUT2D eigenvalue weighted by Gasteiger charge is 2.14. The number of hydrogen-bond donors (Lipinski definition) is 0. The summed E-state index contributed by atoms with van der Waals surface area (Å²) in [4.78, 5) is 24.3. The van der Waals surface area contributed by atoms with Crippen molar-refractivity contribution in [2.24, 2.45) is 0 Å². The van der Waals surface area contributed by atoms with E-state index in [1.54, 1.807) is 6.07 Å². The van der Waals surface area contributed by atoms with Crippen molar-refractivity contribution in [2.75, 3.05) is 0 Å². The lowest BCUT2D eigenvalue weighted by Gasteiger charge is -2.13. The minimum Gasteiger partial charge on any atom is -0.286 e. The molecule has 102 valence electrons. The first kappa shape index (κ1) is 11.6. The molecular formula is C20H10O2. The molecule has 0 aliphatic carbocycles. The summed E-state index contributed by atoms with van der Waals surface area (Å²) in [6, 6.07) is 19.4. The molecule has 0 aliphatic rings. The van der Waals surface area contributed by atoms with E-state index < -0.39 is 10.9 Å². The molecule has 5 aromatic carbocycles. The fraction of sp³-hybridized carbons (Fsp3) is 0. The Hall–Kier alpha value is -3.00. The molecule has 0 saturated heterocycles. The van der Waals surface area contributed by atoms with Crippen LogP contribution in [0.25, 0.3) is 43.1 Å². The molecule has 0 radical (unpaired) electrons. The van der Waals surface area contributed by atoms with Crippen LogP contribution in [0.4, 0.5) is 0 Å². The molecule has 0 spiro atoms. The van der Waals surface area contributed by atoms with Gasteiger partial charge in [0.2, 0.25) is 10.9 Å². The average Bonchev–Trinajstić information content (AvgIpc) is 2.56. The van der Waals surface area contributed by atoms with Crippen molar-refractivity contribution in [3.8, 4) is 0 Å². The lowest BCUT2D eigenvalue weighted by atomic mass is 9.90. The highest BCUT2D eigenvalue weighted by Crippen LogP contribution is 2.38. The summed E-state index contributed by atoms with van der Waals surface area (Å²) in [5.41, 5.74) is -0.844. The van der Waals surface area contributed by atoms with Gasteiger partial charge in [-0.2, -0.15) is 0 Å². The summed E-state index contributed by atoms with van der Waals surface area (Å²) in [5, 5.41) is 7.80. The molecule has 0 fully saturated rings. The highest BCUT2D eigenvalue weighted by molar-refractivity contribution is 6.32. The van der Waals surface area contributed by atoms with Gasteiger partial charge in [0.15, 0.2) is 0 Å². The van der Waals surface area contributed by atoms with Crippen LogP contribution < -0.4 is 10.9 Å². The molecule has 0 aliphatic heterocycles. The molecule has 0 aromatic heterocycles. The molecule has 0 atom stereocenters. The van der Waals surface area contributed by atoms with Gasteiger partial charge in [0.1, 0.15) is 0 Å². The van der Waals surface area contributed by atoms with Gasteiger partial charge in [-0.05, 0) is 38.4 Å². The predicted octanol–water partition coefficient (Wildman–Crippen LogP) is 3.90. The summed E-state index contributed by atoms with van der Waals surface area (Å²) in [5.74, 6) is 0. The van der Waals surface area contributed by atoms with E-state index in [0.29, 0.717) is 5.39 Å². The van der Waals surface area contributed by atoms with Crippen LogP contribution in [0.5, 0.6) is 0 Å². The van der Waals surface area contributed by atoms with Crippen molar-refractivity contribution in [1.29, 1.82) is 0 Å². The van der Waals surface area contributed by atoms with Crippen LogP contribution in [0.3, 0.4) is 0 Å². The molecule has 5 rings (SSSR count). The van der Waals surface area contributed by atoms with E-state index in [-0.39, 0.29) is 0 Å². The van der Waals surface area contributed by atoms with Crippen LogP contribution in [0.15, 0.2) is 70.3 Å². The van der Waals surface area contributed by atoms with Crippen molar-refractivity contribution in [3.05, 3.63) is 81.1 Å². The molecule has 0 amide bonds. The van der Waals surface area contributed by atoms with E-state index in [0.717, 1.165) is 37.7 Å². The van der Waals surface area contributed by atoms with Gasteiger partial charge < -0.3 is 0 Å². The SMILES string of the molecule is O=c1cc2c3cccc4cccc(c5cccc(c1=O)c52)c43. The van der Waals surface area contributed by atoms with Gasteiger partial charge in [-0.1, -0.05) is 54.6 Å². The van der Waals surface area contributed by atoms with Crippen molar-refractivity contribution in [2.45, 2.75) is 0 Å². The first-order chi connectivity index (χ1) is 10.8. The standard InChI is InChI=1S/C20H10O2/c21-17-10-16-14-7-2-5-11-4-1-6-12(18(11)14)13-8-3-9-15(19(13)16)20(17)22/h1-10H. The zero-order chi connectivity index (χ0) is 14.8. The van der Waals surface area contributed by atoms with Gasteiger partial charge in [-0.25, -0.2) is 0 Å². The Bertz CT molecular complexity index is 1300. The average molecular weight is 282 g/mol. The number of fused-ring (bicyclic) bond motifs is 2. The fourth-order valence-corrected chi connectivity index (χ4v) is 3.66. The smallest absolute Gasteiger partial charge is 0.233 e. The number of rotatable bonds is 0. The van der Waals surface area contributed by atoms with E-state index in [2.05, 4.69) is 18.2 Å². The first-order valence-corrected chi connectivity index (χ1v) is 7.22. The van der Waals surface area contributed by atoms with Crippen molar-refractivity contribution in [1.82, 2.24) is 0 Å². The lowest BCUT2D eigenvalue weighted by molar-refractivity contribution is 1.57. The van der Waals surface area contributed by atoms with Crippen LogP contribution in [-0.4, -0.2) is 0 Å². The first-order valence-electron chi connectivity index (χ1n) is 7.22. The van der Waals surface area contributed by atoms with E-state index >= 15 is 0 Å². The Balaban J connectivity index is 2.35. The maximum atomic E-state index is 12.2. The Morgan fingerprint density at radius 3 is 1.82 bits per heavy atom. The van der Waals surface area contributed by atoms with Gasteiger partial charge in [0.05, 0.1) is 0 Å². The molecule has 22 heavy (non-hydrogen) atoms. The van der Waals surface area contributed by atoms with Crippen LogP contribution in [0.2, 0.25) is 0 Å². The summed E-state index contributed by atoms with van der Waals surface area (Å²) >= 11 is 0. The Morgan fingerprint density at radius 2 is 1.09 bits per heavy atom. The normalized spacial score (nSPS) is 12.0. The van der Waals surface area contributed by atoms with Crippen LogP contribution in [-0.2, 0) is 0 Å². The van der Waals surface area contributed by atoms with Crippen molar-refractivity contribution < 1.29 is 0 Å². The number of benzene rings is 5. The maximum Gasteiger partial charge on any atom is 0.233 e. The molecule has 5 aromatic rings. The van der Waals surface area contributed by atoms with Crippen LogP contribution in [0, 0.1) is 0 Å². The second-order valence-corrected chi connectivity index (χ2v) is 5.69. The minimum absolute atomic E-state index is 0.410. The maximum absolute atomic E-state index is 12.2. The zero-order valence-corrected chi connectivity index (χ0v) is 11.6. The Labute approximate surface area is 124 Å². The van der Waals surface area contributed by atoms with Crippen LogP contribution >= 0.6 is 0 Å². The third-order valence-electron chi connectivity index (χ3n) is 4.56. The minimum atomic E-state index is -0.434.